The summed E-state index contributed by atoms with van der Waals surface area (Å²) in [7, 11) is 3.38. The van der Waals surface area contributed by atoms with Gasteiger partial charge in [-0.05, 0) is 46.3 Å². The van der Waals surface area contributed by atoms with Gasteiger partial charge in [0.2, 0.25) is 0 Å². The molecule has 0 heterocycles. The SMILES string of the molecule is COc1c(C(C)C)cc(C2(N)CCCC2)c(OC)c1Br. The summed E-state index contributed by atoms with van der Waals surface area (Å²) in [5.41, 5.74) is 8.65. The van der Waals surface area contributed by atoms with Crippen molar-refractivity contribution in [3.8, 4) is 11.5 Å². The van der Waals surface area contributed by atoms with E-state index < -0.39 is 0 Å². The van der Waals surface area contributed by atoms with E-state index in [0.717, 1.165) is 34.4 Å². The van der Waals surface area contributed by atoms with Crippen LogP contribution in [0.1, 0.15) is 56.6 Å². The first-order chi connectivity index (χ1) is 9.44. The van der Waals surface area contributed by atoms with E-state index in [9.17, 15) is 0 Å². The molecule has 1 saturated carbocycles. The van der Waals surface area contributed by atoms with Gasteiger partial charge in [-0.1, -0.05) is 26.7 Å². The van der Waals surface area contributed by atoms with Crippen molar-refractivity contribution in [3.05, 3.63) is 21.7 Å². The molecule has 3 nitrogen and oxygen atoms in total. The highest BCUT2D eigenvalue weighted by Gasteiger charge is 2.36. The van der Waals surface area contributed by atoms with Gasteiger partial charge >= 0.3 is 0 Å². The van der Waals surface area contributed by atoms with E-state index in [1.807, 2.05) is 0 Å². The van der Waals surface area contributed by atoms with E-state index in [4.69, 9.17) is 15.2 Å². The van der Waals surface area contributed by atoms with Crippen molar-refractivity contribution in [1.29, 1.82) is 0 Å². The molecule has 1 aliphatic carbocycles. The summed E-state index contributed by atoms with van der Waals surface area (Å²) in [6.07, 6.45) is 4.39. The summed E-state index contributed by atoms with van der Waals surface area (Å²) < 4.78 is 12.1. The maximum Gasteiger partial charge on any atom is 0.141 e. The minimum Gasteiger partial charge on any atom is -0.495 e. The van der Waals surface area contributed by atoms with Crippen molar-refractivity contribution in [1.82, 2.24) is 0 Å². The predicted molar refractivity (Wildman–Crippen MR) is 85.7 cm³/mol. The van der Waals surface area contributed by atoms with Crippen LogP contribution in [0, 0.1) is 0 Å². The van der Waals surface area contributed by atoms with Gasteiger partial charge in [-0.25, -0.2) is 0 Å². The number of nitrogens with two attached hydrogens (primary N) is 1. The molecule has 1 aliphatic rings. The molecular formula is C16H24BrNO2. The Morgan fingerprint density at radius 3 is 2.15 bits per heavy atom. The highest BCUT2D eigenvalue weighted by atomic mass is 79.9. The number of ether oxygens (including phenoxy) is 2. The molecule has 2 rings (SSSR count). The molecule has 1 fully saturated rings. The van der Waals surface area contributed by atoms with Crippen molar-refractivity contribution in [2.75, 3.05) is 14.2 Å². The van der Waals surface area contributed by atoms with Crippen LogP contribution < -0.4 is 15.2 Å². The zero-order valence-corrected chi connectivity index (χ0v) is 14.3. The second-order valence-electron chi connectivity index (χ2n) is 5.91. The molecule has 1 aromatic carbocycles. The Morgan fingerprint density at radius 1 is 1.15 bits per heavy atom. The summed E-state index contributed by atoms with van der Waals surface area (Å²) in [5.74, 6) is 2.04. The molecule has 0 bridgehead atoms. The Morgan fingerprint density at radius 2 is 1.70 bits per heavy atom. The summed E-state index contributed by atoms with van der Waals surface area (Å²) >= 11 is 3.64. The third-order valence-electron chi connectivity index (χ3n) is 4.27. The number of benzene rings is 1. The van der Waals surface area contributed by atoms with Crippen LogP contribution in [0.15, 0.2) is 10.5 Å². The molecule has 0 aromatic heterocycles. The third kappa shape index (κ3) is 2.56. The molecule has 0 amide bonds. The smallest absolute Gasteiger partial charge is 0.141 e. The predicted octanol–water partition coefficient (Wildman–Crippen LogP) is 4.32. The zero-order chi connectivity index (χ0) is 14.9. The van der Waals surface area contributed by atoms with Gasteiger partial charge < -0.3 is 15.2 Å². The molecule has 0 aliphatic heterocycles. The highest BCUT2D eigenvalue weighted by molar-refractivity contribution is 9.10. The first-order valence-electron chi connectivity index (χ1n) is 7.18. The molecule has 0 atom stereocenters. The fraction of sp³-hybridized carbons (Fsp3) is 0.625. The van der Waals surface area contributed by atoms with Crippen molar-refractivity contribution >= 4 is 15.9 Å². The lowest BCUT2D eigenvalue weighted by Crippen LogP contribution is -2.34. The van der Waals surface area contributed by atoms with Crippen LogP contribution >= 0.6 is 15.9 Å². The standard InChI is InChI=1S/C16H24BrNO2/c1-10(2)11-9-12(16(18)7-5-6-8-16)15(20-4)13(17)14(11)19-3/h9-10H,5-8,18H2,1-4H3. The van der Waals surface area contributed by atoms with Gasteiger partial charge in [-0.2, -0.15) is 0 Å². The average Bonchev–Trinajstić information content (AvgIpc) is 2.85. The molecule has 20 heavy (non-hydrogen) atoms. The van der Waals surface area contributed by atoms with Crippen molar-refractivity contribution in [2.24, 2.45) is 5.73 Å². The number of halogens is 1. The Balaban J connectivity index is 2.67. The first-order valence-corrected chi connectivity index (χ1v) is 7.97. The van der Waals surface area contributed by atoms with Gasteiger partial charge in [0.15, 0.2) is 0 Å². The molecule has 0 radical (unpaired) electrons. The summed E-state index contributed by atoms with van der Waals surface area (Å²) in [6, 6.07) is 2.18. The van der Waals surface area contributed by atoms with E-state index in [1.165, 1.54) is 18.4 Å². The van der Waals surface area contributed by atoms with Crippen molar-refractivity contribution in [2.45, 2.75) is 51.0 Å². The number of rotatable bonds is 4. The van der Waals surface area contributed by atoms with Crippen LogP contribution in [-0.2, 0) is 5.54 Å². The van der Waals surface area contributed by atoms with Gasteiger partial charge in [0.1, 0.15) is 16.0 Å². The van der Waals surface area contributed by atoms with Gasteiger partial charge in [0.05, 0.1) is 14.2 Å². The van der Waals surface area contributed by atoms with E-state index in [-0.39, 0.29) is 5.54 Å². The van der Waals surface area contributed by atoms with Crippen LogP contribution in [0.5, 0.6) is 11.5 Å². The minimum absolute atomic E-state index is 0.274. The second kappa shape index (κ2) is 5.94. The fourth-order valence-electron chi connectivity index (χ4n) is 3.12. The number of methoxy groups -OCH3 is 2. The van der Waals surface area contributed by atoms with Gasteiger partial charge in [-0.3, -0.25) is 0 Å². The minimum atomic E-state index is -0.274. The van der Waals surface area contributed by atoms with Gasteiger partial charge in [-0.15, -0.1) is 0 Å². The van der Waals surface area contributed by atoms with Crippen LogP contribution in [0.25, 0.3) is 0 Å². The van der Waals surface area contributed by atoms with Crippen molar-refractivity contribution < 1.29 is 9.47 Å². The molecule has 0 spiro atoms. The normalized spacial score (nSPS) is 17.6. The van der Waals surface area contributed by atoms with Crippen LogP contribution in [-0.4, -0.2) is 14.2 Å². The molecule has 0 saturated heterocycles. The zero-order valence-electron chi connectivity index (χ0n) is 12.8. The molecule has 112 valence electrons. The lowest BCUT2D eigenvalue weighted by molar-refractivity contribution is 0.362. The first kappa shape index (κ1) is 15.6. The van der Waals surface area contributed by atoms with Crippen LogP contribution in [0.4, 0.5) is 0 Å². The van der Waals surface area contributed by atoms with E-state index in [0.29, 0.717) is 5.92 Å². The van der Waals surface area contributed by atoms with Crippen LogP contribution in [0.2, 0.25) is 0 Å². The lowest BCUT2D eigenvalue weighted by atomic mass is 9.85. The van der Waals surface area contributed by atoms with Gasteiger partial charge in [0.25, 0.3) is 0 Å². The summed E-state index contributed by atoms with van der Waals surface area (Å²) in [4.78, 5) is 0. The average molecular weight is 342 g/mol. The fourth-order valence-corrected chi connectivity index (χ4v) is 3.88. The maximum atomic E-state index is 6.64. The second-order valence-corrected chi connectivity index (χ2v) is 6.70. The molecular weight excluding hydrogens is 318 g/mol. The van der Waals surface area contributed by atoms with E-state index in [1.54, 1.807) is 14.2 Å². The molecule has 0 unspecified atom stereocenters. The largest absolute Gasteiger partial charge is 0.495 e. The van der Waals surface area contributed by atoms with E-state index >= 15 is 0 Å². The summed E-state index contributed by atoms with van der Waals surface area (Å²) in [6.45, 7) is 4.33. The van der Waals surface area contributed by atoms with Crippen molar-refractivity contribution in [3.63, 3.8) is 0 Å². The molecule has 2 N–H and O–H groups in total. The van der Waals surface area contributed by atoms with Gasteiger partial charge in [0, 0.05) is 11.1 Å². The number of hydrogen-bond donors (Lipinski definition) is 1. The van der Waals surface area contributed by atoms with E-state index in [2.05, 4.69) is 35.8 Å². The molecule has 4 heteroatoms. The Hall–Kier alpha value is -0.740. The number of hydrogen-bond acceptors (Lipinski definition) is 3. The highest BCUT2D eigenvalue weighted by Crippen LogP contribution is 2.49. The Kier molecular flexibility index (Phi) is 4.65. The molecule has 1 aromatic rings. The maximum absolute atomic E-state index is 6.64. The Bertz CT molecular complexity index is 494. The summed E-state index contributed by atoms with van der Waals surface area (Å²) in [5, 5.41) is 0. The monoisotopic (exact) mass is 341 g/mol. The lowest BCUT2D eigenvalue weighted by Gasteiger charge is -2.29. The quantitative estimate of drug-likeness (QED) is 0.886. The Labute approximate surface area is 130 Å². The topological polar surface area (TPSA) is 44.5 Å². The third-order valence-corrected chi connectivity index (χ3v) is 4.99. The van der Waals surface area contributed by atoms with Crippen LogP contribution in [0.3, 0.4) is 0 Å².